The van der Waals surface area contributed by atoms with Crippen LogP contribution < -0.4 is 9.47 Å². The van der Waals surface area contributed by atoms with Gasteiger partial charge in [-0.3, -0.25) is 0 Å². The monoisotopic (exact) mass is 220 g/mol. The summed E-state index contributed by atoms with van der Waals surface area (Å²) in [6.45, 7) is 0.714. The molecule has 0 aliphatic carbocycles. The number of benzene rings is 1. The Balaban J connectivity index is 2.50. The predicted molar refractivity (Wildman–Crippen MR) is 59.6 cm³/mol. The van der Waals surface area contributed by atoms with Crippen LogP contribution >= 0.6 is 0 Å². The number of fused-ring (bicyclic) bond motifs is 1. The molecule has 4 heteroatoms. The summed E-state index contributed by atoms with van der Waals surface area (Å²) in [6.07, 6.45) is 3.50. The largest absolute Gasteiger partial charge is 0.493 e. The summed E-state index contributed by atoms with van der Waals surface area (Å²) < 4.78 is 12.1. The molecule has 1 aromatic carbocycles. The summed E-state index contributed by atoms with van der Waals surface area (Å²) in [7, 11) is 3.22. The molecule has 0 saturated heterocycles. The van der Waals surface area contributed by atoms with Crippen LogP contribution in [-0.4, -0.2) is 38.0 Å². The number of methoxy groups -OCH3 is 2. The Bertz CT molecular complexity index is 452. The number of ether oxygens (including phenoxy) is 2. The summed E-state index contributed by atoms with van der Waals surface area (Å²) >= 11 is 0. The van der Waals surface area contributed by atoms with Gasteiger partial charge in [-0.1, -0.05) is 0 Å². The SMILES string of the molecule is COc1cc2c(cc1OC)CC[N+](C=O)=C2. The van der Waals surface area contributed by atoms with Gasteiger partial charge < -0.3 is 9.47 Å². The Labute approximate surface area is 94.1 Å². The molecule has 1 aliphatic heterocycles. The molecule has 0 atom stereocenters. The molecule has 1 heterocycles. The lowest BCUT2D eigenvalue weighted by atomic mass is 10.0. The smallest absolute Gasteiger partial charge is 0.375 e. The second-order valence-electron chi connectivity index (χ2n) is 3.63. The molecule has 2 rings (SSSR count). The van der Waals surface area contributed by atoms with Gasteiger partial charge in [-0.05, 0) is 17.7 Å². The molecule has 0 fully saturated rings. The maximum absolute atomic E-state index is 10.7. The number of hydrogen-bond donors (Lipinski definition) is 0. The Morgan fingerprint density at radius 1 is 1.25 bits per heavy atom. The highest BCUT2D eigenvalue weighted by Gasteiger charge is 2.18. The molecule has 1 aliphatic rings. The van der Waals surface area contributed by atoms with Crippen molar-refractivity contribution in [3.63, 3.8) is 0 Å². The number of nitrogens with zero attached hydrogens (tertiary/aromatic N) is 1. The van der Waals surface area contributed by atoms with Crippen LogP contribution in [0.25, 0.3) is 0 Å². The van der Waals surface area contributed by atoms with E-state index in [1.54, 1.807) is 18.8 Å². The van der Waals surface area contributed by atoms with Gasteiger partial charge in [0.2, 0.25) is 0 Å². The molecule has 0 saturated carbocycles. The average molecular weight is 220 g/mol. The standard InChI is InChI=1S/C12H14NO3/c1-15-11-5-9-3-4-13(8-14)7-10(9)6-12(11)16-2/h5-8H,3-4H2,1-2H3/q+1. The number of hydrogen-bond acceptors (Lipinski definition) is 3. The lowest BCUT2D eigenvalue weighted by molar-refractivity contribution is -0.429. The second kappa shape index (κ2) is 4.35. The van der Waals surface area contributed by atoms with Gasteiger partial charge in [0.25, 0.3) is 0 Å². The topological polar surface area (TPSA) is 38.5 Å². The van der Waals surface area contributed by atoms with Crippen LogP contribution in [0.2, 0.25) is 0 Å². The number of amides is 1. The van der Waals surface area contributed by atoms with Crippen LogP contribution in [0.5, 0.6) is 11.5 Å². The predicted octanol–water partition coefficient (Wildman–Crippen LogP) is 0.848. The van der Waals surface area contributed by atoms with E-state index in [0.717, 1.165) is 24.1 Å². The third-order valence-corrected chi connectivity index (χ3v) is 2.73. The zero-order chi connectivity index (χ0) is 11.5. The highest BCUT2D eigenvalue weighted by molar-refractivity contribution is 5.82. The van der Waals surface area contributed by atoms with Crippen molar-refractivity contribution in [2.75, 3.05) is 20.8 Å². The summed E-state index contributed by atoms with van der Waals surface area (Å²) in [5, 5.41) is 0. The van der Waals surface area contributed by atoms with Crippen LogP contribution in [0.3, 0.4) is 0 Å². The van der Waals surface area contributed by atoms with Crippen molar-refractivity contribution in [2.24, 2.45) is 0 Å². The Kier molecular flexibility index (Phi) is 2.90. The maximum atomic E-state index is 10.7. The van der Waals surface area contributed by atoms with Gasteiger partial charge >= 0.3 is 6.41 Å². The average Bonchev–Trinajstić information content (AvgIpc) is 2.36. The minimum Gasteiger partial charge on any atom is -0.493 e. The number of rotatable bonds is 3. The van der Waals surface area contributed by atoms with Crippen molar-refractivity contribution >= 4 is 12.6 Å². The molecule has 1 aromatic rings. The van der Waals surface area contributed by atoms with E-state index >= 15 is 0 Å². The zero-order valence-corrected chi connectivity index (χ0v) is 9.40. The fourth-order valence-corrected chi connectivity index (χ4v) is 1.85. The van der Waals surface area contributed by atoms with Crippen molar-refractivity contribution in [2.45, 2.75) is 6.42 Å². The molecule has 0 N–H and O–H groups in total. The van der Waals surface area contributed by atoms with Crippen LogP contribution in [0.1, 0.15) is 11.1 Å². The van der Waals surface area contributed by atoms with E-state index in [1.807, 2.05) is 18.3 Å². The van der Waals surface area contributed by atoms with Gasteiger partial charge in [0.05, 0.1) is 14.2 Å². The van der Waals surface area contributed by atoms with E-state index in [0.29, 0.717) is 12.3 Å². The highest BCUT2D eigenvalue weighted by Crippen LogP contribution is 2.30. The maximum Gasteiger partial charge on any atom is 0.375 e. The molecule has 0 spiro atoms. The van der Waals surface area contributed by atoms with Crippen LogP contribution in [0.4, 0.5) is 0 Å². The Morgan fingerprint density at radius 3 is 2.56 bits per heavy atom. The molecule has 0 unspecified atom stereocenters. The molecule has 16 heavy (non-hydrogen) atoms. The first kappa shape index (κ1) is 10.7. The lowest BCUT2D eigenvalue weighted by Gasteiger charge is -2.13. The van der Waals surface area contributed by atoms with Gasteiger partial charge in [-0.2, -0.15) is 4.58 Å². The van der Waals surface area contributed by atoms with E-state index in [1.165, 1.54) is 5.56 Å². The summed E-state index contributed by atoms with van der Waals surface area (Å²) in [6, 6.07) is 3.86. The summed E-state index contributed by atoms with van der Waals surface area (Å²) in [5.41, 5.74) is 2.19. The van der Waals surface area contributed by atoms with Crippen LogP contribution in [0, 0.1) is 0 Å². The fraction of sp³-hybridized carbons (Fsp3) is 0.333. The first-order valence-corrected chi connectivity index (χ1v) is 5.09. The van der Waals surface area contributed by atoms with Gasteiger partial charge in [-0.15, -0.1) is 0 Å². The normalized spacial score (nSPS) is 13.8. The van der Waals surface area contributed by atoms with Crippen molar-refractivity contribution in [1.29, 1.82) is 0 Å². The van der Waals surface area contributed by atoms with Gasteiger partial charge in [0, 0.05) is 12.0 Å². The molecule has 0 radical (unpaired) electrons. The lowest BCUT2D eigenvalue weighted by Crippen LogP contribution is -2.21. The summed E-state index contributed by atoms with van der Waals surface area (Å²) in [4.78, 5) is 10.7. The van der Waals surface area contributed by atoms with Gasteiger partial charge in [-0.25, -0.2) is 4.79 Å². The van der Waals surface area contributed by atoms with Crippen molar-refractivity contribution in [1.82, 2.24) is 0 Å². The van der Waals surface area contributed by atoms with Crippen molar-refractivity contribution in [3.05, 3.63) is 23.3 Å². The van der Waals surface area contributed by atoms with Crippen molar-refractivity contribution < 1.29 is 18.8 Å². The third kappa shape index (κ3) is 1.78. The second-order valence-corrected chi connectivity index (χ2v) is 3.63. The van der Waals surface area contributed by atoms with E-state index in [9.17, 15) is 4.79 Å². The highest BCUT2D eigenvalue weighted by atomic mass is 16.5. The molecule has 0 aromatic heterocycles. The molecule has 4 nitrogen and oxygen atoms in total. The van der Waals surface area contributed by atoms with Crippen LogP contribution in [-0.2, 0) is 11.2 Å². The molecule has 0 bridgehead atoms. The molecule has 84 valence electrons. The van der Waals surface area contributed by atoms with E-state index in [4.69, 9.17) is 9.47 Å². The van der Waals surface area contributed by atoms with Crippen molar-refractivity contribution in [3.8, 4) is 11.5 Å². The Morgan fingerprint density at radius 2 is 1.94 bits per heavy atom. The Hall–Kier alpha value is -1.84. The van der Waals surface area contributed by atoms with Crippen LogP contribution in [0.15, 0.2) is 12.1 Å². The zero-order valence-electron chi connectivity index (χ0n) is 9.40. The van der Waals surface area contributed by atoms with E-state index in [-0.39, 0.29) is 0 Å². The molecular weight excluding hydrogens is 206 g/mol. The minimum absolute atomic E-state index is 0.685. The number of carbonyl (C=O) groups excluding carboxylic acids is 1. The minimum atomic E-state index is 0.685. The first-order chi connectivity index (χ1) is 7.78. The quantitative estimate of drug-likeness (QED) is 0.560. The van der Waals surface area contributed by atoms with E-state index < -0.39 is 0 Å². The van der Waals surface area contributed by atoms with Gasteiger partial charge in [0.15, 0.2) is 24.3 Å². The molecule has 1 amide bonds. The first-order valence-electron chi connectivity index (χ1n) is 5.09. The van der Waals surface area contributed by atoms with E-state index in [2.05, 4.69) is 0 Å². The summed E-state index contributed by atoms with van der Waals surface area (Å²) in [5.74, 6) is 1.42. The van der Waals surface area contributed by atoms with Gasteiger partial charge in [0.1, 0.15) is 0 Å². The third-order valence-electron chi connectivity index (χ3n) is 2.73. The number of carbonyl (C=O) groups is 1. The fourth-order valence-electron chi connectivity index (χ4n) is 1.85. The molecular formula is C12H14NO3+.